The number of carbonyl (C=O) groups is 2. The van der Waals surface area contributed by atoms with E-state index in [1.807, 2.05) is 19.1 Å². The number of rotatable bonds is 4. The molecule has 0 aromatic heterocycles. The van der Waals surface area contributed by atoms with Gasteiger partial charge in [0.05, 0.1) is 5.92 Å². The molecule has 22 heavy (non-hydrogen) atoms. The molecule has 1 fully saturated rings. The van der Waals surface area contributed by atoms with E-state index in [4.69, 9.17) is 5.11 Å². The number of hydrogen-bond donors (Lipinski definition) is 3. The summed E-state index contributed by atoms with van der Waals surface area (Å²) >= 11 is 0. The van der Waals surface area contributed by atoms with Crippen LogP contribution >= 0.6 is 0 Å². The number of aromatic hydroxyl groups is 1. The summed E-state index contributed by atoms with van der Waals surface area (Å²) in [6.45, 7) is 3.30. The van der Waals surface area contributed by atoms with Crippen LogP contribution in [0.2, 0.25) is 0 Å². The standard InChI is InChI=1S/C16H22N2O4/c1-11-8-13(15(20)21)10-18(9-11)16(22)17-7-6-12-2-4-14(19)5-3-12/h2-5,11,13,19H,6-10H2,1H3,(H,17,22)(H,20,21). The van der Waals surface area contributed by atoms with E-state index in [1.165, 1.54) is 0 Å². The van der Waals surface area contributed by atoms with Crippen LogP contribution in [0, 0.1) is 11.8 Å². The van der Waals surface area contributed by atoms with E-state index < -0.39 is 11.9 Å². The van der Waals surface area contributed by atoms with E-state index >= 15 is 0 Å². The molecule has 1 aromatic rings. The highest BCUT2D eigenvalue weighted by Gasteiger charge is 2.31. The van der Waals surface area contributed by atoms with Crippen LogP contribution in [-0.2, 0) is 11.2 Å². The summed E-state index contributed by atoms with van der Waals surface area (Å²) in [5.74, 6) is -0.910. The van der Waals surface area contributed by atoms with Crippen molar-refractivity contribution in [1.82, 2.24) is 10.2 Å². The molecule has 120 valence electrons. The number of amides is 2. The van der Waals surface area contributed by atoms with Crippen LogP contribution in [0.5, 0.6) is 5.75 Å². The average molecular weight is 306 g/mol. The van der Waals surface area contributed by atoms with Crippen molar-refractivity contribution in [3.8, 4) is 5.75 Å². The second-order valence-corrected chi connectivity index (χ2v) is 5.93. The number of nitrogens with zero attached hydrogens (tertiary/aromatic N) is 1. The second kappa shape index (κ2) is 7.15. The summed E-state index contributed by atoms with van der Waals surface area (Å²) in [5.41, 5.74) is 1.02. The summed E-state index contributed by atoms with van der Waals surface area (Å²) in [4.78, 5) is 24.8. The van der Waals surface area contributed by atoms with Crippen LogP contribution in [-0.4, -0.2) is 46.7 Å². The van der Waals surface area contributed by atoms with Crippen molar-refractivity contribution >= 4 is 12.0 Å². The molecule has 1 aromatic carbocycles. The maximum atomic E-state index is 12.1. The van der Waals surface area contributed by atoms with Gasteiger partial charge < -0.3 is 20.4 Å². The maximum Gasteiger partial charge on any atom is 0.317 e. The fraction of sp³-hybridized carbons (Fsp3) is 0.500. The number of phenols is 1. The fourth-order valence-electron chi connectivity index (χ4n) is 2.78. The molecule has 3 N–H and O–H groups in total. The van der Waals surface area contributed by atoms with Gasteiger partial charge in [-0.3, -0.25) is 4.79 Å². The molecule has 6 heteroatoms. The highest BCUT2D eigenvalue weighted by Crippen LogP contribution is 2.21. The third kappa shape index (κ3) is 4.38. The minimum atomic E-state index is -0.839. The van der Waals surface area contributed by atoms with Gasteiger partial charge in [0.2, 0.25) is 0 Å². The Balaban J connectivity index is 1.81. The zero-order valence-electron chi connectivity index (χ0n) is 12.7. The van der Waals surface area contributed by atoms with Crippen molar-refractivity contribution in [2.45, 2.75) is 19.8 Å². The molecule has 2 rings (SSSR count). The number of benzene rings is 1. The molecule has 0 saturated carbocycles. The summed E-state index contributed by atoms with van der Waals surface area (Å²) in [6.07, 6.45) is 1.28. The number of carboxylic acid groups (broad SMARTS) is 1. The Bertz CT molecular complexity index is 529. The predicted octanol–water partition coefficient (Wildman–Crippen LogP) is 1.69. The molecule has 6 nitrogen and oxygen atoms in total. The molecule has 1 heterocycles. The first-order valence-corrected chi connectivity index (χ1v) is 7.49. The number of piperidine rings is 1. The van der Waals surface area contributed by atoms with Crippen LogP contribution in [0.1, 0.15) is 18.9 Å². The topological polar surface area (TPSA) is 89.9 Å². The molecule has 0 radical (unpaired) electrons. The number of likely N-dealkylation sites (tertiary alicyclic amines) is 1. The molecule has 0 spiro atoms. The minimum absolute atomic E-state index is 0.192. The zero-order chi connectivity index (χ0) is 16.1. The molecule has 0 aliphatic carbocycles. The molecule has 1 aliphatic heterocycles. The number of carboxylic acids is 1. The number of phenolic OH excluding ortho intramolecular Hbond substituents is 1. The largest absolute Gasteiger partial charge is 0.508 e. The summed E-state index contributed by atoms with van der Waals surface area (Å²) in [6, 6.07) is 6.63. The SMILES string of the molecule is CC1CC(C(=O)O)CN(C(=O)NCCc2ccc(O)cc2)C1. The van der Waals surface area contributed by atoms with Gasteiger partial charge in [0.25, 0.3) is 0 Å². The second-order valence-electron chi connectivity index (χ2n) is 5.93. The highest BCUT2D eigenvalue weighted by atomic mass is 16.4. The molecule has 0 bridgehead atoms. The first kappa shape index (κ1) is 16.1. The highest BCUT2D eigenvalue weighted by molar-refractivity contribution is 5.76. The lowest BCUT2D eigenvalue weighted by molar-refractivity contribution is -0.143. The molecule has 2 unspecified atom stereocenters. The summed E-state index contributed by atoms with van der Waals surface area (Å²) < 4.78 is 0. The smallest absolute Gasteiger partial charge is 0.317 e. The molecular formula is C16H22N2O4. The quantitative estimate of drug-likeness (QED) is 0.789. The van der Waals surface area contributed by atoms with Crippen molar-refractivity contribution in [1.29, 1.82) is 0 Å². The van der Waals surface area contributed by atoms with Gasteiger partial charge >= 0.3 is 12.0 Å². The van der Waals surface area contributed by atoms with Crippen molar-refractivity contribution in [3.63, 3.8) is 0 Å². The Labute approximate surface area is 129 Å². The Hall–Kier alpha value is -2.24. The number of urea groups is 1. The van der Waals surface area contributed by atoms with Crippen LogP contribution in [0.4, 0.5) is 4.79 Å². The monoisotopic (exact) mass is 306 g/mol. The van der Waals surface area contributed by atoms with Crippen LogP contribution in [0.3, 0.4) is 0 Å². The molecule has 2 atom stereocenters. The lowest BCUT2D eigenvalue weighted by Gasteiger charge is -2.34. The van der Waals surface area contributed by atoms with E-state index in [0.717, 1.165) is 5.56 Å². The maximum absolute atomic E-state index is 12.1. The van der Waals surface area contributed by atoms with E-state index in [0.29, 0.717) is 25.9 Å². The lowest BCUT2D eigenvalue weighted by Crippen LogP contribution is -2.49. The van der Waals surface area contributed by atoms with Gasteiger partial charge in [-0.2, -0.15) is 0 Å². The van der Waals surface area contributed by atoms with E-state index in [1.54, 1.807) is 17.0 Å². The van der Waals surface area contributed by atoms with Crippen molar-refractivity contribution in [3.05, 3.63) is 29.8 Å². The number of aliphatic carboxylic acids is 1. The first-order valence-electron chi connectivity index (χ1n) is 7.49. The first-order chi connectivity index (χ1) is 10.5. The molecule has 2 amide bonds. The Morgan fingerprint density at radius 1 is 1.27 bits per heavy atom. The molecule has 1 saturated heterocycles. The number of carbonyl (C=O) groups excluding carboxylic acids is 1. The van der Waals surface area contributed by atoms with Gasteiger partial charge in [-0.1, -0.05) is 19.1 Å². The van der Waals surface area contributed by atoms with Crippen LogP contribution in [0.25, 0.3) is 0 Å². The van der Waals surface area contributed by atoms with Crippen molar-refractivity contribution < 1.29 is 19.8 Å². The summed E-state index contributed by atoms with van der Waals surface area (Å²) in [7, 11) is 0. The lowest BCUT2D eigenvalue weighted by atomic mass is 9.91. The van der Waals surface area contributed by atoms with E-state index in [9.17, 15) is 14.7 Å². The molecule has 1 aliphatic rings. The third-order valence-electron chi connectivity index (χ3n) is 3.92. The third-order valence-corrected chi connectivity index (χ3v) is 3.92. The zero-order valence-corrected chi connectivity index (χ0v) is 12.7. The molecular weight excluding hydrogens is 284 g/mol. The van der Waals surface area contributed by atoms with Gasteiger partial charge in [-0.05, 0) is 36.5 Å². The normalized spacial score (nSPS) is 21.4. The van der Waals surface area contributed by atoms with E-state index in [2.05, 4.69) is 5.32 Å². The van der Waals surface area contributed by atoms with Gasteiger partial charge in [0.15, 0.2) is 0 Å². The Morgan fingerprint density at radius 3 is 2.59 bits per heavy atom. The van der Waals surface area contributed by atoms with Crippen molar-refractivity contribution in [2.24, 2.45) is 11.8 Å². The number of hydrogen-bond acceptors (Lipinski definition) is 3. The van der Waals surface area contributed by atoms with Gasteiger partial charge in [-0.25, -0.2) is 4.79 Å². The van der Waals surface area contributed by atoms with Crippen LogP contribution in [0.15, 0.2) is 24.3 Å². The fourth-order valence-corrected chi connectivity index (χ4v) is 2.78. The van der Waals surface area contributed by atoms with Gasteiger partial charge in [0, 0.05) is 19.6 Å². The average Bonchev–Trinajstić information content (AvgIpc) is 2.48. The van der Waals surface area contributed by atoms with Crippen molar-refractivity contribution in [2.75, 3.05) is 19.6 Å². The van der Waals surface area contributed by atoms with Crippen LogP contribution < -0.4 is 5.32 Å². The number of nitrogens with one attached hydrogen (secondary N) is 1. The summed E-state index contributed by atoms with van der Waals surface area (Å²) in [5, 5.41) is 21.2. The van der Waals surface area contributed by atoms with E-state index in [-0.39, 0.29) is 24.2 Å². The Kier molecular flexibility index (Phi) is 5.25. The predicted molar refractivity (Wildman–Crippen MR) is 81.7 cm³/mol. The minimum Gasteiger partial charge on any atom is -0.508 e. The Morgan fingerprint density at radius 2 is 1.95 bits per heavy atom. The van der Waals surface area contributed by atoms with Gasteiger partial charge in [-0.15, -0.1) is 0 Å². The van der Waals surface area contributed by atoms with Gasteiger partial charge in [0.1, 0.15) is 5.75 Å².